The summed E-state index contributed by atoms with van der Waals surface area (Å²) in [6.07, 6.45) is -3.93. The molecule has 6 atom stereocenters. The molecule has 9 heteroatoms. The second-order valence-corrected chi connectivity index (χ2v) is 10.9. The molecule has 9 nitrogen and oxygen atoms in total. The first-order valence-electron chi connectivity index (χ1n) is 14.9. The lowest BCUT2D eigenvalue weighted by Crippen LogP contribution is -2.63. The van der Waals surface area contributed by atoms with Crippen molar-refractivity contribution in [2.45, 2.75) is 56.8 Å². The van der Waals surface area contributed by atoms with E-state index in [1.165, 1.54) is 0 Å². The van der Waals surface area contributed by atoms with Crippen LogP contribution in [0.4, 0.5) is 0 Å². The minimum atomic E-state index is -1.03. The fraction of sp³-hybridized carbons (Fsp3) is 0.306. The molecule has 45 heavy (non-hydrogen) atoms. The molecule has 0 bridgehead atoms. The van der Waals surface area contributed by atoms with Crippen molar-refractivity contribution in [1.29, 1.82) is 0 Å². The molecule has 0 aromatic heterocycles. The first-order chi connectivity index (χ1) is 22.1. The van der Waals surface area contributed by atoms with E-state index in [9.17, 15) is 9.90 Å². The Labute approximate surface area is 262 Å². The van der Waals surface area contributed by atoms with Gasteiger partial charge in [0.2, 0.25) is 0 Å². The highest BCUT2D eigenvalue weighted by Crippen LogP contribution is 2.37. The van der Waals surface area contributed by atoms with E-state index in [4.69, 9.17) is 33.2 Å². The van der Waals surface area contributed by atoms with Gasteiger partial charge in [0.1, 0.15) is 30.2 Å². The van der Waals surface area contributed by atoms with Crippen LogP contribution >= 0.6 is 0 Å². The van der Waals surface area contributed by atoms with Crippen molar-refractivity contribution in [1.82, 2.24) is 0 Å². The van der Waals surface area contributed by atoms with Gasteiger partial charge in [-0.1, -0.05) is 91.0 Å². The maximum absolute atomic E-state index is 11.9. The van der Waals surface area contributed by atoms with E-state index in [1.807, 2.05) is 84.9 Å². The molecule has 0 amide bonds. The van der Waals surface area contributed by atoms with Crippen molar-refractivity contribution in [3.63, 3.8) is 0 Å². The third kappa shape index (κ3) is 7.59. The van der Waals surface area contributed by atoms with Gasteiger partial charge in [0, 0.05) is 5.56 Å². The van der Waals surface area contributed by atoms with E-state index in [-0.39, 0.29) is 25.4 Å². The molecule has 2 saturated heterocycles. The monoisotopic (exact) mass is 612 g/mol. The molecule has 2 aliphatic heterocycles. The molecule has 0 aliphatic carbocycles. The van der Waals surface area contributed by atoms with Gasteiger partial charge in [-0.2, -0.15) is 0 Å². The third-order valence-electron chi connectivity index (χ3n) is 7.89. The van der Waals surface area contributed by atoms with E-state index in [1.54, 1.807) is 31.4 Å². The number of rotatable bonds is 12. The zero-order valence-electron chi connectivity index (χ0n) is 24.9. The number of ether oxygens (including phenoxy) is 7. The van der Waals surface area contributed by atoms with Crippen molar-refractivity contribution >= 4 is 5.97 Å². The Bertz CT molecular complexity index is 1510. The van der Waals surface area contributed by atoms with Gasteiger partial charge in [0.05, 0.1) is 39.1 Å². The van der Waals surface area contributed by atoms with Crippen molar-refractivity contribution in [2.24, 2.45) is 0 Å². The van der Waals surface area contributed by atoms with Crippen molar-refractivity contribution in [3.8, 4) is 5.75 Å². The van der Waals surface area contributed by atoms with Gasteiger partial charge in [-0.3, -0.25) is 0 Å². The summed E-state index contributed by atoms with van der Waals surface area (Å²) in [6, 6.07) is 34.0. The van der Waals surface area contributed by atoms with E-state index in [0.717, 1.165) is 22.4 Å². The normalized spacial score (nSPS) is 24.5. The molecule has 4 aromatic carbocycles. The largest absolute Gasteiger partial charge is 0.497 e. The van der Waals surface area contributed by atoms with Crippen molar-refractivity contribution < 1.29 is 43.1 Å². The lowest BCUT2D eigenvalue weighted by Gasteiger charge is -2.49. The van der Waals surface area contributed by atoms with Crippen LogP contribution in [0.25, 0.3) is 0 Å². The molecule has 6 rings (SSSR count). The molecule has 2 aliphatic rings. The highest BCUT2D eigenvalue weighted by atomic mass is 16.8. The Morgan fingerprint density at radius 3 is 2.09 bits per heavy atom. The van der Waals surface area contributed by atoms with Crippen LogP contribution < -0.4 is 4.74 Å². The van der Waals surface area contributed by atoms with Crippen LogP contribution in [0.1, 0.15) is 38.9 Å². The van der Waals surface area contributed by atoms with Gasteiger partial charge in [0.25, 0.3) is 0 Å². The summed E-state index contributed by atoms with van der Waals surface area (Å²) in [5.41, 5.74) is 3.48. The highest BCUT2D eigenvalue weighted by molar-refractivity contribution is 5.89. The summed E-state index contributed by atoms with van der Waals surface area (Å²) in [7, 11) is 1.62. The zero-order chi connectivity index (χ0) is 31.0. The fourth-order valence-electron chi connectivity index (χ4n) is 5.53. The molecule has 2 fully saturated rings. The Balaban J connectivity index is 1.29. The quantitative estimate of drug-likeness (QED) is 0.209. The smallest absolute Gasteiger partial charge is 0.336 e. The number of aromatic carboxylic acids is 1. The standard InChI is InChI=1S/C36H36O9/c1-39-28-18-16-25(17-19-28)21-41-33-32(40-20-24-10-4-2-5-11-24)31-30(23-43-35(45-31)26-12-6-3-7-13-26)44-36(33)42-22-27-14-8-9-15-29(27)34(37)38/h2-19,30-33,35-36H,20-23H2,1H3,(H,37,38)/t30-,31-,32+,33+,35-,36+/m1/s1. The molecule has 2 heterocycles. The Morgan fingerprint density at radius 1 is 0.733 bits per heavy atom. The van der Waals surface area contributed by atoms with Crippen LogP contribution in [0.5, 0.6) is 5.75 Å². The maximum atomic E-state index is 11.9. The van der Waals surface area contributed by atoms with Crippen LogP contribution in [-0.4, -0.2) is 55.5 Å². The van der Waals surface area contributed by atoms with E-state index in [0.29, 0.717) is 12.2 Å². The molecular formula is C36H36O9. The number of hydrogen-bond donors (Lipinski definition) is 1. The van der Waals surface area contributed by atoms with E-state index < -0.39 is 43.0 Å². The molecule has 234 valence electrons. The number of methoxy groups -OCH3 is 1. The van der Waals surface area contributed by atoms with Crippen molar-refractivity contribution in [3.05, 3.63) is 137 Å². The van der Waals surface area contributed by atoms with Crippen LogP contribution in [0.15, 0.2) is 109 Å². The van der Waals surface area contributed by atoms with Gasteiger partial charge in [-0.15, -0.1) is 0 Å². The SMILES string of the molecule is COc1ccc(CO[C@@H]2[C@@H](OCc3ccccc3C(=O)O)O[C@@H]3CO[C@@H](c4ccccc4)O[C@H]3[C@@H]2OCc2ccccc2)cc1. The second kappa shape index (κ2) is 14.8. The van der Waals surface area contributed by atoms with E-state index in [2.05, 4.69) is 0 Å². The molecule has 0 radical (unpaired) electrons. The lowest BCUT2D eigenvalue weighted by atomic mass is 9.97. The number of carbonyl (C=O) groups is 1. The van der Waals surface area contributed by atoms with Gasteiger partial charge >= 0.3 is 5.97 Å². The van der Waals surface area contributed by atoms with Gasteiger partial charge in [-0.25, -0.2) is 4.79 Å². The van der Waals surface area contributed by atoms with E-state index >= 15 is 0 Å². The Hall–Kier alpha value is -4.09. The Morgan fingerprint density at radius 2 is 1.38 bits per heavy atom. The molecule has 4 aromatic rings. The average molecular weight is 613 g/mol. The molecule has 0 spiro atoms. The predicted molar refractivity (Wildman–Crippen MR) is 163 cm³/mol. The summed E-state index contributed by atoms with van der Waals surface area (Å²) in [6.45, 7) is 0.787. The van der Waals surface area contributed by atoms with Crippen LogP contribution in [0.2, 0.25) is 0 Å². The third-order valence-corrected chi connectivity index (χ3v) is 7.89. The summed E-state index contributed by atoms with van der Waals surface area (Å²) in [5, 5.41) is 9.72. The van der Waals surface area contributed by atoms with Crippen LogP contribution in [-0.2, 0) is 48.2 Å². The minimum absolute atomic E-state index is 0.00726. The second-order valence-electron chi connectivity index (χ2n) is 10.9. The molecular weight excluding hydrogens is 576 g/mol. The first-order valence-corrected chi connectivity index (χ1v) is 14.9. The molecule has 1 N–H and O–H groups in total. The maximum Gasteiger partial charge on any atom is 0.336 e. The van der Waals surface area contributed by atoms with Crippen LogP contribution in [0.3, 0.4) is 0 Å². The Kier molecular flexibility index (Phi) is 10.2. The van der Waals surface area contributed by atoms with Gasteiger partial charge in [-0.05, 0) is 34.9 Å². The zero-order valence-corrected chi connectivity index (χ0v) is 24.9. The van der Waals surface area contributed by atoms with Gasteiger partial charge < -0.3 is 38.3 Å². The molecule has 0 saturated carbocycles. The van der Waals surface area contributed by atoms with Gasteiger partial charge in [0.15, 0.2) is 12.6 Å². The van der Waals surface area contributed by atoms with Crippen molar-refractivity contribution in [2.75, 3.05) is 13.7 Å². The minimum Gasteiger partial charge on any atom is -0.497 e. The number of carboxylic acid groups (broad SMARTS) is 1. The summed E-state index contributed by atoms with van der Waals surface area (Å²) < 4.78 is 43.9. The number of fused-ring (bicyclic) bond motifs is 1. The predicted octanol–water partition coefficient (Wildman–Crippen LogP) is 5.92. The van der Waals surface area contributed by atoms with Crippen LogP contribution in [0, 0.1) is 0 Å². The number of hydrogen-bond acceptors (Lipinski definition) is 8. The first kappa shape index (κ1) is 30.9. The molecule has 0 unspecified atom stereocenters. The topological polar surface area (TPSA) is 102 Å². The lowest BCUT2D eigenvalue weighted by molar-refractivity contribution is -0.374. The summed E-state index contributed by atoms with van der Waals surface area (Å²) >= 11 is 0. The fourth-order valence-corrected chi connectivity index (χ4v) is 5.53. The average Bonchev–Trinajstić information content (AvgIpc) is 3.09. The summed E-state index contributed by atoms with van der Waals surface area (Å²) in [5.74, 6) is -0.288. The number of carboxylic acids is 1. The summed E-state index contributed by atoms with van der Waals surface area (Å²) in [4.78, 5) is 11.9. The highest BCUT2D eigenvalue weighted by Gasteiger charge is 2.52. The number of benzene rings is 4.